The van der Waals surface area contributed by atoms with Gasteiger partial charge < -0.3 is 29.5 Å². The van der Waals surface area contributed by atoms with Crippen molar-refractivity contribution in [2.24, 2.45) is 0 Å². The lowest BCUT2D eigenvalue weighted by Gasteiger charge is -2.40. The summed E-state index contributed by atoms with van der Waals surface area (Å²) in [6.45, 7) is 0.987. The number of halogens is 1. The van der Waals surface area contributed by atoms with E-state index < -0.39 is 37.2 Å². The Balaban J connectivity index is 1.74. The standard InChI is InChI=1S/C20H29FO6/c1-11-3-4-12(20-19(24)18(23)17(22)16(10-21)27-20)9-15(11)26-14-7-5-13(25-2)6-8-14/h3-4,9,13-14,16-20,22-24H,5-8,10H2,1-2H3/t13?,14?,16-,17-,18?,19-,20+/m1/s1. The van der Waals surface area contributed by atoms with Gasteiger partial charge in [-0.2, -0.15) is 0 Å². The van der Waals surface area contributed by atoms with Crippen molar-refractivity contribution in [3.8, 4) is 5.75 Å². The molecule has 3 N–H and O–H groups in total. The van der Waals surface area contributed by atoms with Gasteiger partial charge in [-0.3, -0.25) is 0 Å². The number of aliphatic hydroxyl groups excluding tert-OH is 3. The van der Waals surface area contributed by atoms with E-state index in [2.05, 4.69) is 0 Å². The van der Waals surface area contributed by atoms with E-state index in [1.165, 1.54) is 0 Å². The first-order valence-electron chi connectivity index (χ1n) is 9.50. The maximum Gasteiger partial charge on any atom is 0.122 e. The second kappa shape index (κ2) is 8.84. The van der Waals surface area contributed by atoms with E-state index in [-0.39, 0.29) is 12.2 Å². The Hall–Kier alpha value is -1.25. The Morgan fingerprint density at radius 2 is 1.70 bits per heavy atom. The van der Waals surface area contributed by atoms with Crippen molar-refractivity contribution in [1.82, 2.24) is 0 Å². The summed E-state index contributed by atoms with van der Waals surface area (Å²) >= 11 is 0. The van der Waals surface area contributed by atoms with Crippen LogP contribution in [-0.4, -0.2) is 65.7 Å². The maximum atomic E-state index is 13.1. The predicted molar refractivity (Wildman–Crippen MR) is 96.5 cm³/mol. The predicted octanol–water partition coefficient (Wildman–Crippen LogP) is 1.82. The third-order valence-electron chi connectivity index (χ3n) is 5.65. The molecule has 0 amide bonds. The molecule has 5 atom stereocenters. The van der Waals surface area contributed by atoms with Crippen LogP contribution in [0.5, 0.6) is 5.75 Å². The molecule has 7 heteroatoms. The van der Waals surface area contributed by atoms with Gasteiger partial charge in [0.25, 0.3) is 0 Å². The van der Waals surface area contributed by atoms with Gasteiger partial charge >= 0.3 is 0 Å². The summed E-state index contributed by atoms with van der Waals surface area (Å²) in [5.74, 6) is 0.682. The lowest BCUT2D eigenvalue weighted by Crippen LogP contribution is -2.54. The fraction of sp³-hybridized carbons (Fsp3) is 0.700. The van der Waals surface area contributed by atoms with Crippen molar-refractivity contribution in [1.29, 1.82) is 0 Å². The Labute approximate surface area is 158 Å². The lowest BCUT2D eigenvalue weighted by atomic mass is 9.91. The van der Waals surface area contributed by atoms with E-state index in [0.717, 1.165) is 31.2 Å². The zero-order chi connectivity index (χ0) is 19.6. The van der Waals surface area contributed by atoms with Crippen molar-refractivity contribution in [3.05, 3.63) is 29.3 Å². The first kappa shape index (κ1) is 20.5. The third kappa shape index (κ3) is 4.43. The van der Waals surface area contributed by atoms with Gasteiger partial charge in [0.1, 0.15) is 42.9 Å². The van der Waals surface area contributed by atoms with Crippen LogP contribution in [0.4, 0.5) is 4.39 Å². The van der Waals surface area contributed by atoms with Crippen LogP contribution in [-0.2, 0) is 9.47 Å². The van der Waals surface area contributed by atoms with Crippen LogP contribution in [0.2, 0.25) is 0 Å². The zero-order valence-corrected chi connectivity index (χ0v) is 15.8. The zero-order valence-electron chi connectivity index (χ0n) is 15.8. The number of hydrogen-bond acceptors (Lipinski definition) is 6. The number of methoxy groups -OCH3 is 1. The summed E-state index contributed by atoms with van der Waals surface area (Å²) in [4.78, 5) is 0. The summed E-state index contributed by atoms with van der Waals surface area (Å²) in [5, 5.41) is 30.1. The minimum Gasteiger partial charge on any atom is -0.490 e. The summed E-state index contributed by atoms with van der Waals surface area (Å²) in [5.41, 5.74) is 1.53. The molecule has 1 aromatic carbocycles. The molecule has 0 bridgehead atoms. The van der Waals surface area contributed by atoms with Gasteiger partial charge in [0.15, 0.2) is 0 Å². The first-order chi connectivity index (χ1) is 12.9. The summed E-state index contributed by atoms with van der Waals surface area (Å²) in [6, 6.07) is 5.38. The molecule has 2 fully saturated rings. The van der Waals surface area contributed by atoms with E-state index in [9.17, 15) is 19.7 Å². The van der Waals surface area contributed by atoms with Crippen molar-refractivity contribution >= 4 is 0 Å². The van der Waals surface area contributed by atoms with Gasteiger partial charge in [0.2, 0.25) is 0 Å². The maximum absolute atomic E-state index is 13.1. The molecule has 1 aromatic rings. The summed E-state index contributed by atoms with van der Waals surface area (Å²) in [6.07, 6.45) is -2.31. The molecule has 1 aliphatic carbocycles. The fourth-order valence-corrected chi connectivity index (χ4v) is 3.84. The second-order valence-corrected chi connectivity index (χ2v) is 7.50. The quantitative estimate of drug-likeness (QED) is 0.718. The Bertz CT molecular complexity index is 616. The normalized spacial score (nSPS) is 37.2. The van der Waals surface area contributed by atoms with Crippen molar-refractivity contribution in [2.75, 3.05) is 13.8 Å². The minimum atomic E-state index is -1.47. The van der Waals surface area contributed by atoms with Gasteiger partial charge in [0.05, 0.1) is 12.2 Å². The minimum absolute atomic E-state index is 0.0913. The van der Waals surface area contributed by atoms with Gasteiger partial charge in [-0.25, -0.2) is 4.39 Å². The van der Waals surface area contributed by atoms with Crippen LogP contribution < -0.4 is 4.74 Å². The number of benzene rings is 1. The molecule has 2 aliphatic rings. The van der Waals surface area contributed by atoms with Gasteiger partial charge in [0, 0.05) is 7.11 Å². The first-order valence-corrected chi connectivity index (χ1v) is 9.50. The lowest BCUT2D eigenvalue weighted by molar-refractivity contribution is -0.227. The summed E-state index contributed by atoms with van der Waals surface area (Å²) in [7, 11) is 1.73. The number of aryl methyl sites for hydroxylation is 1. The molecule has 1 heterocycles. The average Bonchev–Trinajstić information content (AvgIpc) is 2.69. The monoisotopic (exact) mass is 384 g/mol. The molecular weight excluding hydrogens is 355 g/mol. The van der Waals surface area contributed by atoms with Crippen molar-refractivity contribution in [3.63, 3.8) is 0 Å². The van der Waals surface area contributed by atoms with Crippen LogP contribution in [0.25, 0.3) is 0 Å². The SMILES string of the molecule is COC1CCC(Oc2cc([C@@H]3O[C@H](CF)[C@@H](O)C(O)[C@H]3O)ccc2C)CC1. The summed E-state index contributed by atoms with van der Waals surface area (Å²) < 4.78 is 30.2. The van der Waals surface area contributed by atoms with Crippen molar-refractivity contribution in [2.45, 2.75) is 75.3 Å². The largest absolute Gasteiger partial charge is 0.490 e. The average molecular weight is 384 g/mol. The van der Waals surface area contributed by atoms with Crippen LogP contribution >= 0.6 is 0 Å². The molecule has 152 valence electrons. The molecule has 1 saturated carbocycles. The molecule has 1 unspecified atom stereocenters. The molecule has 1 aliphatic heterocycles. The van der Waals surface area contributed by atoms with E-state index in [4.69, 9.17) is 14.2 Å². The second-order valence-electron chi connectivity index (χ2n) is 7.50. The molecule has 0 spiro atoms. The highest BCUT2D eigenvalue weighted by atomic mass is 19.1. The molecule has 0 radical (unpaired) electrons. The number of ether oxygens (including phenoxy) is 3. The molecule has 0 aromatic heterocycles. The van der Waals surface area contributed by atoms with Gasteiger partial charge in [-0.1, -0.05) is 12.1 Å². The molecule has 6 nitrogen and oxygen atoms in total. The highest BCUT2D eigenvalue weighted by Gasteiger charge is 2.44. The highest BCUT2D eigenvalue weighted by molar-refractivity contribution is 5.38. The van der Waals surface area contributed by atoms with Crippen LogP contribution in [0, 0.1) is 6.92 Å². The third-order valence-corrected chi connectivity index (χ3v) is 5.65. The highest BCUT2D eigenvalue weighted by Crippen LogP contribution is 2.36. The number of aliphatic hydroxyl groups is 3. The van der Waals surface area contributed by atoms with Gasteiger partial charge in [-0.15, -0.1) is 0 Å². The van der Waals surface area contributed by atoms with Crippen LogP contribution in [0.1, 0.15) is 42.9 Å². The van der Waals surface area contributed by atoms with Crippen LogP contribution in [0.15, 0.2) is 18.2 Å². The molecule has 1 saturated heterocycles. The molecular formula is C20H29FO6. The van der Waals surface area contributed by atoms with Crippen molar-refractivity contribution < 1.29 is 33.9 Å². The molecule has 3 rings (SSSR count). The Kier molecular flexibility index (Phi) is 6.70. The fourth-order valence-electron chi connectivity index (χ4n) is 3.84. The number of rotatable bonds is 5. The van der Waals surface area contributed by atoms with E-state index in [0.29, 0.717) is 11.3 Å². The Morgan fingerprint density at radius 1 is 1.04 bits per heavy atom. The number of hydrogen-bond donors (Lipinski definition) is 3. The smallest absolute Gasteiger partial charge is 0.122 e. The Morgan fingerprint density at radius 3 is 2.33 bits per heavy atom. The van der Waals surface area contributed by atoms with E-state index in [1.807, 2.05) is 13.0 Å². The van der Waals surface area contributed by atoms with E-state index in [1.54, 1.807) is 19.2 Å². The number of alkyl halides is 1. The van der Waals surface area contributed by atoms with E-state index >= 15 is 0 Å². The van der Waals surface area contributed by atoms with Gasteiger partial charge in [-0.05, 0) is 49.8 Å². The molecule has 27 heavy (non-hydrogen) atoms. The van der Waals surface area contributed by atoms with Crippen LogP contribution in [0.3, 0.4) is 0 Å². The topological polar surface area (TPSA) is 88.4 Å².